The van der Waals surface area contributed by atoms with E-state index in [-0.39, 0.29) is 17.0 Å². The topological polar surface area (TPSA) is 81.7 Å². The van der Waals surface area contributed by atoms with E-state index >= 15 is 0 Å². The number of hydrogen-bond acceptors (Lipinski definition) is 5. The Labute approximate surface area is 145 Å². The van der Waals surface area contributed by atoms with Crippen LogP contribution in [0.15, 0.2) is 47.4 Å². The van der Waals surface area contributed by atoms with Crippen LogP contribution >= 0.6 is 11.6 Å². The van der Waals surface area contributed by atoms with E-state index in [4.69, 9.17) is 16.3 Å². The quantitative estimate of drug-likeness (QED) is 0.791. The molecule has 0 spiro atoms. The molecule has 0 aromatic heterocycles. The Kier molecular flexibility index (Phi) is 5.82. The van der Waals surface area contributed by atoms with Crippen LogP contribution in [0.5, 0.6) is 5.75 Å². The average molecular weight is 370 g/mol. The maximum Gasteiger partial charge on any atom is 0.341 e. The summed E-state index contributed by atoms with van der Waals surface area (Å²) in [5.41, 5.74) is 0.807. The summed E-state index contributed by atoms with van der Waals surface area (Å²) in [6.45, 7) is 0.00281. The van der Waals surface area contributed by atoms with Crippen molar-refractivity contribution < 1.29 is 22.7 Å². The maximum atomic E-state index is 12.3. The normalized spacial score (nSPS) is 11.1. The number of hydrogen-bond donors (Lipinski definition) is 1. The van der Waals surface area contributed by atoms with E-state index in [1.807, 2.05) is 0 Å². The molecule has 0 aliphatic rings. The van der Waals surface area contributed by atoms with Crippen LogP contribution < -0.4 is 9.46 Å². The minimum absolute atomic E-state index is 0.00281. The number of nitrogens with one attached hydrogen (secondary N) is 1. The van der Waals surface area contributed by atoms with Crippen LogP contribution in [-0.2, 0) is 21.3 Å². The summed E-state index contributed by atoms with van der Waals surface area (Å²) in [6, 6.07) is 10.7. The molecule has 0 amide bonds. The Morgan fingerprint density at radius 1 is 1.17 bits per heavy atom. The van der Waals surface area contributed by atoms with Gasteiger partial charge in [-0.15, -0.1) is 0 Å². The fraction of sp³-hybridized carbons (Fsp3) is 0.188. The van der Waals surface area contributed by atoms with Gasteiger partial charge < -0.3 is 9.47 Å². The van der Waals surface area contributed by atoms with Crippen molar-refractivity contribution >= 4 is 27.6 Å². The minimum Gasteiger partial charge on any atom is -0.496 e. The van der Waals surface area contributed by atoms with Gasteiger partial charge in [0.2, 0.25) is 10.0 Å². The Hall–Kier alpha value is -2.09. The summed E-state index contributed by atoms with van der Waals surface area (Å²) in [6.07, 6.45) is 0. The third kappa shape index (κ3) is 4.25. The highest BCUT2D eigenvalue weighted by Crippen LogP contribution is 2.21. The summed E-state index contributed by atoms with van der Waals surface area (Å²) in [4.78, 5) is 11.8. The van der Waals surface area contributed by atoms with Crippen molar-refractivity contribution in [1.29, 1.82) is 0 Å². The number of rotatable bonds is 6. The monoisotopic (exact) mass is 369 g/mol. The van der Waals surface area contributed by atoms with Crippen molar-refractivity contribution in [2.45, 2.75) is 11.4 Å². The van der Waals surface area contributed by atoms with Crippen molar-refractivity contribution in [3.05, 3.63) is 58.6 Å². The molecular formula is C16H16ClNO5S. The molecule has 6 nitrogen and oxygen atoms in total. The number of halogens is 1. The molecule has 0 atom stereocenters. The first kappa shape index (κ1) is 18.3. The molecule has 0 saturated carbocycles. The third-order valence-electron chi connectivity index (χ3n) is 3.24. The lowest BCUT2D eigenvalue weighted by molar-refractivity contribution is 0.0597. The summed E-state index contributed by atoms with van der Waals surface area (Å²) in [5, 5.41) is 0.329. The van der Waals surface area contributed by atoms with Crippen LogP contribution in [0.3, 0.4) is 0 Å². The zero-order valence-electron chi connectivity index (χ0n) is 13.1. The van der Waals surface area contributed by atoms with E-state index in [0.717, 1.165) is 0 Å². The number of methoxy groups -OCH3 is 2. The fourth-order valence-electron chi connectivity index (χ4n) is 2.03. The molecule has 1 N–H and O–H groups in total. The molecule has 24 heavy (non-hydrogen) atoms. The number of benzene rings is 2. The molecule has 2 aromatic carbocycles. The summed E-state index contributed by atoms with van der Waals surface area (Å²) in [5.74, 6) is -0.213. The molecule has 2 aromatic rings. The number of carbonyl (C=O) groups is 1. The summed E-state index contributed by atoms with van der Waals surface area (Å²) >= 11 is 5.82. The molecule has 0 fully saturated rings. The zero-order chi connectivity index (χ0) is 17.7. The Balaban J connectivity index is 2.21. The van der Waals surface area contributed by atoms with Gasteiger partial charge in [-0.1, -0.05) is 23.7 Å². The molecule has 128 valence electrons. The Bertz CT molecular complexity index is 851. The zero-order valence-corrected chi connectivity index (χ0v) is 14.6. The second-order valence-corrected chi connectivity index (χ2v) is 7.01. The lowest BCUT2D eigenvalue weighted by atomic mass is 10.1. The van der Waals surface area contributed by atoms with E-state index in [2.05, 4.69) is 9.46 Å². The first-order valence-electron chi connectivity index (χ1n) is 6.88. The van der Waals surface area contributed by atoms with Crippen molar-refractivity contribution in [2.24, 2.45) is 0 Å². The van der Waals surface area contributed by atoms with Gasteiger partial charge in [-0.05, 0) is 35.9 Å². The highest BCUT2D eigenvalue weighted by Gasteiger charge is 2.16. The molecule has 0 heterocycles. The average Bonchev–Trinajstić information content (AvgIpc) is 2.59. The van der Waals surface area contributed by atoms with Gasteiger partial charge in [-0.3, -0.25) is 0 Å². The van der Waals surface area contributed by atoms with Gasteiger partial charge in [0.1, 0.15) is 11.3 Å². The van der Waals surface area contributed by atoms with Crippen LogP contribution in [0.25, 0.3) is 0 Å². The van der Waals surface area contributed by atoms with Gasteiger partial charge in [0.05, 0.1) is 19.1 Å². The smallest absolute Gasteiger partial charge is 0.341 e. The predicted molar refractivity (Wildman–Crippen MR) is 89.8 cm³/mol. The number of ether oxygens (including phenoxy) is 2. The molecule has 0 aliphatic carbocycles. The lowest BCUT2D eigenvalue weighted by Crippen LogP contribution is -2.23. The fourth-order valence-corrected chi connectivity index (χ4v) is 3.35. The molecule has 0 saturated heterocycles. The first-order valence-corrected chi connectivity index (χ1v) is 8.74. The van der Waals surface area contributed by atoms with Crippen LogP contribution in [0.2, 0.25) is 5.02 Å². The molecular weight excluding hydrogens is 354 g/mol. The van der Waals surface area contributed by atoms with Crippen LogP contribution in [0.4, 0.5) is 0 Å². The summed E-state index contributed by atoms with van der Waals surface area (Å²) < 4.78 is 36.8. The van der Waals surface area contributed by atoms with Crippen LogP contribution in [-0.4, -0.2) is 28.6 Å². The van der Waals surface area contributed by atoms with Crippen LogP contribution in [0, 0.1) is 0 Å². The highest BCUT2D eigenvalue weighted by molar-refractivity contribution is 7.89. The second-order valence-electron chi connectivity index (χ2n) is 4.81. The molecule has 0 bridgehead atoms. The Morgan fingerprint density at radius 2 is 1.92 bits per heavy atom. The van der Waals surface area contributed by atoms with Crippen molar-refractivity contribution in [1.82, 2.24) is 4.72 Å². The van der Waals surface area contributed by atoms with Gasteiger partial charge in [0, 0.05) is 11.6 Å². The standard InChI is InChI=1S/C16H16ClNO5S/c1-22-15-7-6-11(8-14(15)16(19)23-2)10-18-24(20,21)13-5-3-4-12(17)9-13/h3-9,18H,10H2,1-2H3. The number of esters is 1. The van der Waals surface area contributed by atoms with Crippen molar-refractivity contribution in [2.75, 3.05) is 14.2 Å². The third-order valence-corrected chi connectivity index (χ3v) is 4.88. The van der Waals surface area contributed by atoms with Gasteiger partial charge in [-0.2, -0.15) is 0 Å². The van der Waals surface area contributed by atoms with Gasteiger partial charge in [0.25, 0.3) is 0 Å². The molecule has 8 heteroatoms. The largest absolute Gasteiger partial charge is 0.496 e. The molecule has 2 rings (SSSR count). The van der Waals surface area contributed by atoms with Gasteiger partial charge in [-0.25, -0.2) is 17.9 Å². The SMILES string of the molecule is COC(=O)c1cc(CNS(=O)(=O)c2cccc(Cl)c2)ccc1OC. The van der Waals surface area contributed by atoms with E-state index < -0.39 is 16.0 Å². The van der Waals surface area contributed by atoms with E-state index in [1.54, 1.807) is 24.3 Å². The van der Waals surface area contributed by atoms with Gasteiger partial charge in [0.15, 0.2) is 0 Å². The summed E-state index contributed by atoms with van der Waals surface area (Å²) in [7, 11) is -1.02. The van der Waals surface area contributed by atoms with E-state index in [0.29, 0.717) is 16.3 Å². The lowest BCUT2D eigenvalue weighted by Gasteiger charge is -2.11. The predicted octanol–water partition coefficient (Wildman–Crippen LogP) is 2.61. The van der Waals surface area contributed by atoms with E-state index in [1.165, 1.54) is 32.4 Å². The van der Waals surface area contributed by atoms with Crippen molar-refractivity contribution in [3.63, 3.8) is 0 Å². The molecule has 0 unspecified atom stereocenters. The highest BCUT2D eigenvalue weighted by atomic mass is 35.5. The van der Waals surface area contributed by atoms with E-state index in [9.17, 15) is 13.2 Å². The van der Waals surface area contributed by atoms with Crippen LogP contribution in [0.1, 0.15) is 15.9 Å². The number of sulfonamides is 1. The van der Waals surface area contributed by atoms with Gasteiger partial charge >= 0.3 is 5.97 Å². The Morgan fingerprint density at radius 3 is 2.54 bits per heavy atom. The molecule has 0 radical (unpaired) electrons. The first-order chi connectivity index (χ1) is 11.4. The van der Waals surface area contributed by atoms with Crippen molar-refractivity contribution in [3.8, 4) is 5.75 Å². The minimum atomic E-state index is -3.72. The second kappa shape index (κ2) is 7.65. The molecule has 0 aliphatic heterocycles. The number of carbonyl (C=O) groups excluding carboxylic acids is 1. The maximum absolute atomic E-state index is 12.3.